The summed E-state index contributed by atoms with van der Waals surface area (Å²) in [4.78, 5) is 23.8. The summed E-state index contributed by atoms with van der Waals surface area (Å²) in [5, 5.41) is 13.8. The number of sulfone groups is 1. The number of hydrogen-bond donors (Lipinski definition) is 1. The van der Waals surface area contributed by atoms with E-state index in [1.165, 1.54) is 25.2 Å². The average Bonchev–Trinajstić information content (AvgIpc) is 2.42. The van der Waals surface area contributed by atoms with Crippen LogP contribution >= 0.6 is 0 Å². The van der Waals surface area contributed by atoms with E-state index < -0.39 is 20.7 Å². The molecule has 1 aromatic rings. The van der Waals surface area contributed by atoms with Crippen molar-refractivity contribution in [3.05, 3.63) is 33.9 Å². The molecule has 0 heterocycles. The molecule has 1 amide bonds. The van der Waals surface area contributed by atoms with Gasteiger partial charge in [-0.3, -0.25) is 14.9 Å². The third kappa shape index (κ3) is 4.71. The van der Waals surface area contributed by atoms with Gasteiger partial charge < -0.3 is 10.2 Å². The first-order valence-electron chi connectivity index (χ1n) is 6.05. The Morgan fingerprint density at radius 3 is 2.52 bits per heavy atom. The van der Waals surface area contributed by atoms with E-state index in [9.17, 15) is 23.3 Å². The van der Waals surface area contributed by atoms with Crippen LogP contribution in [0, 0.1) is 10.1 Å². The summed E-state index contributed by atoms with van der Waals surface area (Å²) in [6, 6.07) is 4.10. The third-order valence-electron chi connectivity index (χ3n) is 2.86. The Balaban J connectivity index is 3.07. The molecule has 9 heteroatoms. The molecule has 0 aromatic heterocycles. The van der Waals surface area contributed by atoms with Crippen molar-refractivity contribution in [1.82, 2.24) is 4.90 Å². The SMILES string of the molecule is CNc1ccc([N+](=O)[O-])c(C(=O)N(C)CCS(C)(=O)=O)c1. The Hall–Kier alpha value is -2.16. The minimum atomic E-state index is -3.21. The van der Waals surface area contributed by atoms with Crippen molar-refractivity contribution in [2.75, 3.05) is 38.0 Å². The molecule has 0 spiro atoms. The van der Waals surface area contributed by atoms with Gasteiger partial charge in [-0.15, -0.1) is 0 Å². The number of nitrogens with zero attached hydrogens (tertiary/aromatic N) is 2. The van der Waals surface area contributed by atoms with Crippen LogP contribution in [0.2, 0.25) is 0 Å². The van der Waals surface area contributed by atoms with Crippen LogP contribution in [0.3, 0.4) is 0 Å². The fourth-order valence-electron chi connectivity index (χ4n) is 1.63. The molecule has 8 nitrogen and oxygen atoms in total. The predicted octanol–water partition coefficient (Wildman–Crippen LogP) is 0.753. The van der Waals surface area contributed by atoms with Crippen molar-refractivity contribution < 1.29 is 18.1 Å². The lowest BCUT2D eigenvalue weighted by molar-refractivity contribution is -0.385. The maximum Gasteiger partial charge on any atom is 0.282 e. The standard InChI is InChI=1S/C12H17N3O5S/c1-13-9-4-5-11(15(17)18)10(8-9)12(16)14(2)6-7-21(3,19)20/h4-5,8,13H,6-7H2,1-3H3. The minimum absolute atomic E-state index is 0.0292. The number of hydrogen-bond acceptors (Lipinski definition) is 6. The van der Waals surface area contributed by atoms with Crippen LogP contribution in [0.25, 0.3) is 0 Å². The fourth-order valence-corrected chi connectivity index (χ4v) is 2.24. The number of nitro benzene ring substituents is 1. The molecule has 0 atom stereocenters. The Morgan fingerprint density at radius 1 is 1.43 bits per heavy atom. The number of carbonyl (C=O) groups excluding carboxylic acids is 1. The van der Waals surface area contributed by atoms with E-state index in [-0.39, 0.29) is 23.5 Å². The molecular weight excluding hydrogens is 298 g/mol. The van der Waals surface area contributed by atoms with E-state index in [1.807, 2.05) is 0 Å². The van der Waals surface area contributed by atoms with Crippen molar-refractivity contribution in [3.8, 4) is 0 Å². The van der Waals surface area contributed by atoms with Crippen LogP contribution in [0.5, 0.6) is 0 Å². The van der Waals surface area contributed by atoms with Gasteiger partial charge in [-0.05, 0) is 12.1 Å². The lowest BCUT2D eigenvalue weighted by Gasteiger charge is -2.17. The highest BCUT2D eigenvalue weighted by atomic mass is 32.2. The highest BCUT2D eigenvalue weighted by molar-refractivity contribution is 7.90. The van der Waals surface area contributed by atoms with E-state index in [0.717, 1.165) is 11.2 Å². The zero-order valence-corrected chi connectivity index (χ0v) is 12.8. The molecule has 0 bridgehead atoms. The zero-order chi connectivity index (χ0) is 16.2. The van der Waals surface area contributed by atoms with E-state index in [2.05, 4.69) is 5.32 Å². The molecule has 0 unspecified atom stereocenters. The van der Waals surface area contributed by atoms with Gasteiger partial charge in [0, 0.05) is 38.6 Å². The van der Waals surface area contributed by atoms with Crippen molar-refractivity contribution in [3.63, 3.8) is 0 Å². The average molecular weight is 315 g/mol. The first-order chi connectivity index (χ1) is 9.65. The molecule has 1 rings (SSSR count). The van der Waals surface area contributed by atoms with Gasteiger partial charge in [0.1, 0.15) is 15.4 Å². The number of nitrogens with one attached hydrogen (secondary N) is 1. The molecule has 0 fully saturated rings. The third-order valence-corrected chi connectivity index (χ3v) is 3.78. The van der Waals surface area contributed by atoms with E-state index in [0.29, 0.717) is 5.69 Å². The number of carbonyl (C=O) groups is 1. The van der Waals surface area contributed by atoms with Crippen LogP contribution < -0.4 is 5.32 Å². The lowest BCUT2D eigenvalue weighted by Crippen LogP contribution is -2.31. The van der Waals surface area contributed by atoms with E-state index in [1.54, 1.807) is 7.05 Å². The van der Waals surface area contributed by atoms with Crippen LogP contribution in [-0.2, 0) is 9.84 Å². The second-order valence-corrected chi connectivity index (χ2v) is 6.86. The second kappa shape index (κ2) is 6.53. The Kier molecular flexibility index (Phi) is 5.25. The van der Waals surface area contributed by atoms with Gasteiger partial charge in [0.15, 0.2) is 0 Å². The first-order valence-corrected chi connectivity index (χ1v) is 8.11. The molecule has 0 radical (unpaired) electrons. The summed E-state index contributed by atoms with van der Waals surface area (Å²) >= 11 is 0. The summed E-state index contributed by atoms with van der Waals surface area (Å²) in [6.45, 7) is -0.0292. The van der Waals surface area contributed by atoms with Crippen LogP contribution in [0.4, 0.5) is 11.4 Å². The first kappa shape index (κ1) is 16.9. The summed E-state index contributed by atoms with van der Waals surface area (Å²) < 4.78 is 22.2. The Morgan fingerprint density at radius 2 is 2.05 bits per heavy atom. The van der Waals surface area contributed by atoms with Crippen LogP contribution in [0.1, 0.15) is 10.4 Å². The molecule has 1 N–H and O–H groups in total. The lowest BCUT2D eigenvalue weighted by atomic mass is 10.1. The number of rotatable bonds is 6. The monoisotopic (exact) mass is 315 g/mol. The highest BCUT2D eigenvalue weighted by Gasteiger charge is 2.23. The van der Waals surface area contributed by atoms with Gasteiger partial charge >= 0.3 is 0 Å². The van der Waals surface area contributed by atoms with Crippen LogP contribution in [-0.4, -0.2) is 56.8 Å². The number of benzene rings is 1. The molecule has 1 aromatic carbocycles. The van der Waals surface area contributed by atoms with Crippen molar-refractivity contribution in [2.45, 2.75) is 0 Å². The Labute approximate surface area is 122 Å². The topological polar surface area (TPSA) is 110 Å². The summed E-state index contributed by atoms with van der Waals surface area (Å²) in [6.07, 6.45) is 1.06. The smallest absolute Gasteiger partial charge is 0.282 e. The van der Waals surface area contributed by atoms with Gasteiger partial charge in [-0.25, -0.2) is 8.42 Å². The van der Waals surface area contributed by atoms with Crippen LogP contribution in [0.15, 0.2) is 18.2 Å². The quantitative estimate of drug-likeness (QED) is 0.613. The fraction of sp³-hybridized carbons (Fsp3) is 0.417. The second-order valence-electron chi connectivity index (χ2n) is 4.60. The largest absolute Gasteiger partial charge is 0.388 e. The predicted molar refractivity (Wildman–Crippen MR) is 79.3 cm³/mol. The highest BCUT2D eigenvalue weighted by Crippen LogP contribution is 2.23. The number of amides is 1. The van der Waals surface area contributed by atoms with E-state index >= 15 is 0 Å². The molecule has 0 aliphatic heterocycles. The molecule has 21 heavy (non-hydrogen) atoms. The Bertz CT molecular complexity index is 657. The minimum Gasteiger partial charge on any atom is -0.388 e. The maximum atomic E-state index is 12.3. The van der Waals surface area contributed by atoms with Crippen molar-refractivity contribution >= 4 is 27.1 Å². The van der Waals surface area contributed by atoms with Crippen molar-refractivity contribution in [1.29, 1.82) is 0 Å². The molecular formula is C12H17N3O5S. The van der Waals surface area contributed by atoms with Gasteiger partial charge in [-0.1, -0.05) is 0 Å². The summed E-state index contributed by atoms with van der Waals surface area (Å²) in [5.74, 6) is -0.795. The van der Waals surface area contributed by atoms with Gasteiger partial charge in [0.05, 0.1) is 10.7 Å². The molecule has 116 valence electrons. The summed E-state index contributed by atoms with van der Waals surface area (Å²) in [5.41, 5.74) is 0.161. The zero-order valence-electron chi connectivity index (χ0n) is 12.0. The molecule has 0 saturated carbocycles. The normalized spacial score (nSPS) is 11.0. The number of anilines is 1. The van der Waals surface area contributed by atoms with Gasteiger partial charge in [0.2, 0.25) is 0 Å². The maximum absolute atomic E-state index is 12.3. The molecule has 0 saturated heterocycles. The van der Waals surface area contributed by atoms with E-state index in [4.69, 9.17) is 0 Å². The van der Waals surface area contributed by atoms with Crippen molar-refractivity contribution in [2.24, 2.45) is 0 Å². The number of nitro groups is 1. The van der Waals surface area contributed by atoms with Gasteiger partial charge in [-0.2, -0.15) is 0 Å². The summed E-state index contributed by atoms with van der Waals surface area (Å²) in [7, 11) is -0.180. The molecule has 0 aliphatic rings. The van der Waals surface area contributed by atoms with Gasteiger partial charge in [0.25, 0.3) is 11.6 Å². The molecule has 0 aliphatic carbocycles.